The Morgan fingerprint density at radius 3 is 2.78 bits per heavy atom. The third kappa shape index (κ3) is 5.69. The van der Waals surface area contributed by atoms with E-state index in [-0.39, 0.29) is 0 Å². The van der Waals surface area contributed by atoms with Crippen molar-refractivity contribution in [3.05, 3.63) is 28.8 Å². The van der Waals surface area contributed by atoms with E-state index in [0.29, 0.717) is 10.1 Å². The summed E-state index contributed by atoms with van der Waals surface area (Å²) in [5.74, 6) is 0. The van der Waals surface area contributed by atoms with Gasteiger partial charge < -0.3 is 10.6 Å². The first-order chi connectivity index (χ1) is 8.63. The summed E-state index contributed by atoms with van der Waals surface area (Å²) in [5, 5.41) is 7.77. The molecule has 0 aliphatic heterocycles. The number of rotatable bonds is 6. The van der Waals surface area contributed by atoms with E-state index in [9.17, 15) is 0 Å². The summed E-state index contributed by atoms with van der Waals surface area (Å²) in [7, 11) is 0. The zero-order chi connectivity index (χ0) is 13.4. The molecule has 0 heterocycles. The van der Waals surface area contributed by atoms with Crippen LogP contribution >= 0.6 is 23.8 Å². The Hall–Kier alpha value is -0.800. The molecule has 0 atom stereocenters. The number of hydrogen-bond donors (Lipinski definition) is 2. The van der Waals surface area contributed by atoms with Crippen molar-refractivity contribution < 1.29 is 0 Å². The highest BCUT2D eigenvalue weighted by molar-refractivity contribution is 7.80. The van der Waals surface area contributed by atoms with Crippen molar-refractivity contribution >= 4 is 34.6 Å². The molecule has 0 spiro atoms. The maximum absolute atomic E-state index is 5.96. The molecule has 4 heteroatoms. The SMILES string of the molecule is CCCCCCNC(=S)Nc1cc(Cl)ccc1C. The highest BCUT2D eigenvalue weighted by atomic mass is 35.5. The summed E-state index contributed by atoms with van der Waals surface area (Å²) in [6, 6.07) is 5.75. The van der Waals surface area contributed by atoms with Crippen LogP contribution in [0.3, 0.4) is 0 Å². The number of thiocarbonyl (C=S) groups is 1. The van der Waals surface area contributed by atoms with Gasteiger partial charge in [-0.2, -0.15) is 0 Å². The molecule has 1 aromatic carbocycles. The van der Waals surface area contributed by atoms with Crippen LogP contribution in [0.25, 0.3) is 0 Å². The Morgan fingerprint density at radius 1 is 1.28 bits per heavy atom. The number of benzene rings is 1. The average Bonchev–Trinajstić information content (AvgIpc) is 2.33. The topological polar surface area (TPSA) is 24.1 Å². The van der Waals surface area contributed by atoms with Crippen molar-refractivity contribution in [2.24, 2.45) is 0 Å². The highest BCUT2D eigenvalue weighted by Crippen LogP contribution is 2.19. The number of nitrogens with one attached hydrogen (secondary N) is 2. The molecule has 18 heavy (non-hydrogen) atoms. The van der Waals surface area contributed by atoms with Crippen LogP contribution in [0.1, 0.15) is 38.2 Å². The minimum Gasteiger partial charge on any atom is -0.362 e. The molecule has 1 aromatic rings. The van der Waals surface area contributed by atoms with Crippen molar-refractivity contribution in [3.63, 3.8) is 0 Å². The molecule has 1 rings (SSSR count). The average molecular weight is 285 g/mol. The van der Waals surface area contributed by atoms with Crippen LogP contribution in [0.4, 0.5) is 5.69 Å². The second-order valence-electron chi connectivity index (χ2n) is 4.40. The summed E-state index contributed by atoms with van der Waals surface area (Å²) in [6.07, 6.45) is 4.95. The van der Waals surface area contributed by atoms with Crippen molar-refractivity contribution in [3.8, 4) is 0 Å². The number of halogens is 1. The first-order valence-electron chi connectivity index (χ1n) is 6.44. The Labute approximate surface area is 120 Å². The monoisotopic (exact) mass is 284 g/mol. The number of aryl methyl sites for hydroxylation is 1. The Morgan fingerprint density at radius 2 is 2.06 bits per heavy atom. The van der Waals surface area contributed by atoms with Gasteiger partial charge in [-0.15, -0.1) is 0 Å². The fourth-order valence-corrected chi connectivity index (χ4v) is 2.03. The Bertz CT molecular complexity index is 393. The van der Waals surface area contributed by atoms with Gasteiger partial charge in [0.2, 0.25) is 0 Å². The lowest BCUT2D eigenvalue weighted by atomic mass is 10.2. The maximum atomic E-state index is 5.96. The summed E-state index contributed by atoms with van der Waals surface area (Å²) >= 11 is 11.2. The van der Waals surface area contributed by atoms with E-state index < -0.39 is 0 Å². The predicted molar refractivity (Wildman–Crippen MR) is 84.6 cm³/mol. The van der Waals surface area contributed by atoms with Gasteiger partial charge in [0.1, 0.15) is 0 Å². The van der Waals surface area contributed by atoms with E-state index >= 15 is 0 Å². The summed E-state index contributed by atoms with van der Waals surface area (Å²) < 4.78 is 0. The van der Waals surface area contributed by atoms with Gasteiger partial charge in [-0.3, -0.25) is 0 Å². The maximum Gasteiger partial charge on any atom is 0.170 e. The van der Waals surface area contributed by atoms with Crippen molar-refractivity contribution in [2.75, 3.05) is 11.9 Å². The molecule has 100 valence electrons. The second-order valence-corrected chi connectivity index (χ2v) is 5.25. The number of hydrogen-bond acceptors (Lipinski definition) is 1. The quantitative estimate of drug-likeness (QED) is 0.593. The zero-order valence-corrected chi connectivity index (χ0v) is 12.6. The van der Waals surface area contributed by atoms with E-state index in [2.05, 4.69) is 17.6 Å². The fraction of sp³-hybridized carbons (Fsp3) is 0.500. The standard InChI is InChI=1S/C14H21ClN2S/c1-3-4-5-6-9-16-14(18)17-13-10-12(15)8-7-11(13)2/h7-8,10H,3-6,9H2,1-2H3,(H2,16,17,18). The Balaban J connectivity index is 2.33. The second kappa shape index (κ2) is 8.33. The van der Waals surface area contributed by atoms with Gasteiger partial charge in [0.25, 0.3) is 0 Å². The van der Waals surface area contributed by atoms with Crippen LogP contribution in [0, 0.1) is 6.92 Å². The fourth-order valence-electron chi connectivity index (χ4n) is 1.65. The molecule has 2 nitrogen and oxygen atoms in total. The molecule has 0 saturated heterocycles. The molecule has 0 amide bonds. The van der Waals surface area contributed by atoms with E-state index in [4.69, 9.17) is 23.8 Å². The molecular weight excluding hydrogens is 264 g/mol. The van der Waals surface area contributed by atoms with Gasteiger partial charge in [0.15, 0.2) is 5.11 Å². The largest absolute Gasteiger partial charge is 0.362 e. The van der Waals surface area contributed by atoms with Crippen molar-refractivity contribution in [2.45, 2.75) is 39.5 Å². The molecule has 0 aromatic heterocycles. The van der Waals surface area contributed by atoms with Gasteiger partial charge in [0.05, 0.1) is 0 Å². The summed E-state index contributed by atoms with van der Waals surface area (Å²) in [4.78, 5) is 0. The van der Waals surface area contributed by atoms with E-state index in [0.717, 1.165) is 24.2 Å². The highest BCUT2D eigenvalue weighted by Gasteiger charge is 2.01. The van der Waals surface area contributed by atoms with Crippen LogP contribution in [-0.2, 0) is 0 Å². The summed E-state index contributed by atoms with van der Waals surface area (Å²) in [6.45, 7) is 5.16. The van der Waals surface area contributed by atoms with Crippen LogP contribution in [-0.4, -0.2) is 11.7 Å². The zero-order valence-electron chi connectivity index (χ0n) is 11.1. The molecule has 0 aliphatic carbocycles. The van der Waals surface area contributed by atoms with E-state index in [1.807, 2.05) is 25.1 Å². The van der Waals surface area contributed by atoms with Crippen LogP contribution in [0.2, 0.25) is 5.02 Å². The minimum absolute atomic E-state index is 0.664. The van der Waals surface area contributed by atoms with Crippen LogP contribution < -0.4 is 10.6 Å². The normalized spacial score (nSPS) is 10.2. The molecule has 0 aliphatic rings. The first-order valence-corrected chi connectivity index (χ1v) is 7.23. The van der Waals surface area contributed by atoms with E-state index in [1.54, 1.807) is 0 Å². The third-order valence-electron chi connectivity index (χ3n) is 2.76. The van der Waals surface area contributed by atoms with E-state index in [1.165, 1.54) is 19.3 Å². The lowest BCUT2D eigenvalue weighted by Gasteiger charge is -2.12. The minimum atomic E-state index is 0.664. The third-order valence-corrected chi connectivity index (χ3v) is 3.25. The lowest BCUT2D eigenvalue weighted by Crippen LogP contribution is -2.29. The summed E-state index contributed by atoms with van der Waals surface area (Å²) in [5.41, 5.74) is 2.10. The van der Waals surface area contributed by atoms with Gasteiger partial charge in [0, 0.05) is 17.3 Å². The van der Waals surface area contributed by atoms with Crippen molar-refractivity contribution in [1.82, 2.24) is 5.32 Å². The smallest absolute Gasteiger partial charge is 0.170 e. The number of anilines is 1. The van der Waals surface area contributed by atoms with Gasteiger partial charge in [-0.1, -0.05) is 43.9 Å². The lowest BCUT2D eigenvalue weighted by molar-refractivity contribution is 0.655. The van der Waals surface area contributed by atoms with Gasteiger partial charge in [-0.05, 0) is 43.3 Å². The molecule has 0 fully saturated rings. The molecule has 0 saturated carbocycles. The van der Waals surface area contributed by atoms with Gasteiger partial charge >= 0.3 is 0 Å². The van der Waals surface area contributed by atoms with Crippen LogP contribution in [0.15, 0.2) is 18.2 Å². The molecule has 0 radical (unpaired) electrons. The predicted octanol–water partition coefficient (Wildman–Crippen LogP) is 4.52. The molecule has 2 N–H and O–H groups in total. The Kier molecular flexibility index (Phi) is 7.06. The van der Waals surface area contributed by atoms with Crippen molar-refractivity contribution in [1.29, 1.82) is 0 Å². The molecule has 0 bridgehead atoms. The van der Waals surface area contributed by atoms with Crippen LogP contribution in [0.5, 0.6) is 0 Å². The molecular formula is C14H21ClN2S. The molecule has 0 unspecified atom stereocenters. The number of unbranched alkanes of at least 4 members (excludes halogenated alkanes) is 3. The first kappa shape index (κ1) is 15.3. The van der Waals surface area contributed by atoms with Gasteiger partial charge in [-0.25, -0.2) is 0 Å².